The summed E-state index contributed by atoms with van der Waals surface area (Å²) in [4.78, 5) is 0. The average molecular weight is 325 g/mol. The van der Waals surface area contributed by atoms with Gasteiger partial charge in [-0.05, 0) is 70.2 Å². The van der Waals surface area contributed by atoms with E-state index in [2.05, 4.69) is 47.8 Å². The minimum absolute atomic E-state index is 1.22. The number of aryl methyl sites for hydroxylation is 4. The number of hydrogen-bond acceptors (Lipinski definition) is 2. The maximum absolute atomic E-state index is 2.43. The van der Waals surface area contributed by atoms with Crippen LogP contribution in [0.15, 0.2) is 24.3 Å². The van der Waals surface area contributed by atoms with E-state index in [1.54, 1.807) is 44.5 Å². The van der Waals surface area contributed by atoms with Gasteiger partial charge in [0.2, 0.25) is 0 Å². The lowest BCUT2D eigenvalue weighted by molar-refractivity contribution is 0.886. The second-order valence-corrected chi connectivity index (χ2v) is 8.64. The molecule has 0 amide bonds. The third-order valence-corrected chi connectivity index (χ3v) is 7.53. The molecule has 0 saturated carbocycles. The van der Waals surface area contributed by atoms with Crippen LogP contribution in [0.5, 0.6) is 0 Å². The molecule has 0 N–H and O–H groups in total. The number of rotatable bonds is 0. The van der Waals surface area contributed by atoms with E-state index in [-0.39, 0.29) is 0 Å². The Morgan fingerprint density at radius 3 is 1.00 bits per heavy atom. The van der Waals surface area contributed by atoms with Gasteiger partial charge >= 0.3 is 0 Å². The lowest BCUT2D eigenvalue weighted by Crippen LogP contribution is -2.07. The molecule has 112 valence electrons. The highest BCUT2D eigenvalue weighted by Crippen LogP contribution is 2.39. The van der Waals surface area contributed by atoms with Crippen molar-refractivity contribution in [1.29, 1.82) is 0 Å². The molecule has 2 aromatic carbocycles. The predicted octanol–water partition coefficient (Wildman–Crippen LogP) is 5.06. The maximum atomic E-state index is 2.43. The molecule has 0 nitrogen and oxygen atoms in total. The van der Waals surface area contributed by atoms with Crippen molar-refractivity contribution in [3.05, 3.63) is 68.8 Å². The third-order valence-electron chi connectivity index (χ3n) is 5.56. The summed E-state index contributed by atoms with van der Waals surface area (Å²) in [6, 6.07) is 9.73. The second kappa shape index (κ2) is 5.35. The molecule has 2 heterocycles. The molecule has 0 radical (unpaired) electrons. The van der Waals surface area contributed by atoms with Crippen LogP contribution in [0.3, 0.4) is 0 Å². The lowest BCUT2D eigenvalue weighted by atomic mass is 9.87. The second-order valence-electron chi connectivity index (χ2n) is 6.67. The first kappa shape index (κ1) is 13.6. The van der Waals surface area contributed by atoms with Gasteiger partial charge in [0, 0.05) is 23.0 Å². The highest BCUT2D eigenvalue weighted by atomic mass is 32.2. The molecule has 0 unspecified atom stereocenters. The first-order valence-electron chi connectivity index (χ1n) is 8.30. The van der Waals surface area contributed by atoms with Crippen LogP contribution in [0.25, 0.3) is 0 Å². The fourth-order valence-electron chi connectivity index (χ4n) is 4.29. The highest BCUT2D eigenvalue weighted by Gasteiger charge is 2.23. The number of thioether (sulfide) groups is 2. The standard InChI is InChI=1S/C20H20S2/c1-2-14-7-8-16-4-3-15(19-11-22-12-20(16)19)6-5-13(1)17-9-21-10-18(14)17/h1-4H,5-12H2. The van der Waals surface area contributed by atoms with Gasteiger partial charge in [0.1, 0.15) is 0 Å². The van der Waals surface area contributed by atoms with E-state index in [4.69, 9.17) is 0 Å². The molecule has 22 heavy (non-hydrogen) atoms. The molecule has 2 aromatic rings. The van der Waals surface area contributed by atoms with Gasteiger partial charge < -0.3 is 0 Å². The quantitative estimate of drug-likeness (QED) is 0.664. The van der Waals surface area contributed by atoms with Gasteiger partial charge in [-0.1, -0.05) is 24.3 Å². The van der Waals surface area contributed by atoms with Crippen molar-refractivity contribution in [1.82, 2.24) is 0 Å². The molecular weight excluding hydrogens is 304 g/mol. The summed E-state index contributed by atoms with van der Waals surface area (Å²) in [6.45, 7) is 0. The Bertz CT molecular complexity index is 633. The molecule has 2 heteroatoms. The van der Waals surface area contributed by atoms with Crippen LogP contribution in [0, 0.1) is 0 Å². The molecular formula is C20H20S2. The van der Waals surface area contributed by atoms with E-state index in [1.807, 2.05) is 0 Å². The molecule has 0 spiro atoms. The van der Waals surface area contributed by atoms with Crippen LogP contribution in [0.4, 0.5) is 0 Å². The monoisotopic (exact) mass is 324 g/mol. The van der Waals surface area contributed by atoms with Gasteiger partial charge in [-0.15, -0.1) is 0 Å². The molecule has 4 aliphatic rings. The van der Waals surface area contributed by atoms with Crippen LogP contribution in [0.2, 0.25) is 0 Å². The topological polar surface area (TPSA) is 0 Å². The highest BCUT2D eigenvalue weighted by molar-refractivity contribution is 7.98. The van der Waals surface area contributed by atoms with E-state index in [9.17, 15) is 0 Å². The van der Waals surface area contributed by atoms with E-state index in [0.717, 1.165) is 0 Å². The van der Waals surface area contributed by atoms with Crippen molar-refractivity contribution in [2.24, 2.45) is 0 Å². The van der Waals surface area contributed by atoms with E-state index >= 15 is 0 Å². The molecule has 2 aliphatic heterocycles. The zero-order valence-corrected chi connectivity index (χ0v) is 14.4. The summed E-state index contributed by atoms with van der Waals surface area (Å²) < 4.78 is 0. The molecule has 6 rings (SSSR count). The van der Waals surface area contributed by atoms with E-state index in [1.165, 1.54) is 48.7 Å². The van der Waals surface area contributed by atoms with Gasteiger partial charge in [0.25, 0.3) is 0 Å². The largest absolute Gasteiger partial charge is 0.152 e. The Morgan fingerprint density at radius 2 is 0.727 bits per heavy atom. The van der Waals surface area contributed by atoms with Gasteiger partial charge in [0.15, 0.2) is 0 Å². The van der Waals surface area contributed by atoms with E-state index in [0.29, 0.717) is 0 Å². The minimum Gasteiger partial charge on any atom is -0.152 e. The van der Waals surface area contributed by atoms with Gasteiger partial charge in [-0.2, -0.15) is 23.5 Å². The van der Waals surface area contributed by atoms with Crippen molar-refractivity contribution in [2.75, 3.05) is 0 Å². The van der Waals surface area contributed by atoms with Gasteiger partial charge in [-0.3, -0.25) is 0 Å². The summed E-state index contributed by atoms with van der Waals surface area (Å²) in [5.74, 6) is 4.96. The maximum Gasteiger partial charge on any atom is 0.0193 e. The molecule has 0 aromatic heterocycles. The summed E-state index contributed by atoms with van der Waals surface area (Å²) >= 11 is 4.21. The Balaban J connectivity index is 1.65. The van der Waals surface area contributed by atoms with Crippen LogP contribution in [0.1, 0.15) is 44.5 Å². The van der Waals surface area contributed by atoms with Crippen molar-refractivity contribution in [3.63, 3.8) is 0 Å². The zero-order valence-electron chi connectivity index (χ0n) is 12.8. The van der Waals surface area contributed by atoms with Crippen LogP contribution in [-0.4, -0.2) is 0 Å². The van der Waals surface area contributed by atoms with Crippen LogP contribution in [-0.2, 0) is 48.7 Å². The van der Waals surface area contributed by atoms with Crippen molar-refractivity contribution in [3.8, 4) is 0 Å². The normalized spacial score (nSPS) is 18.9. The van der Waals surface area contributed by atoms with Crippen molar-refractivity contribution in [2.45, 2.75) is 48.7 Å². The average Bonchev–Trinajstić information content (AvgIpc) is 3.18. The summed E-state index contributed by atoms with van der Waals surface area (Å²) in [5.41, 5.74) is 13.2. The zero-order chi connectivity index (χ0) is 14.5. The fraction of sp³-hybridized carbons (Fsp3) is 0.400. The van der Waals surface area contributed by atoms with E-state index < -0.39 is 0 Å². The fourth-order valence-corrected chi connectivity index (χ4v) is 6.74. The van der Waals surface area contributed by atoms with Gasteiger partial charge in [-0.25, -0.2) is 0 Å². The molecule has 2 aliphatic carbocycles. The molecule has 0 fully saturated rings. The SMILES string of the molecule is c1cc2c3c(c1CCc1ccc(c4c1CSC4)CC2)CSC3. The Morgan fingerprint density at radius 1 is 0.455 bits per heavy atom. The minimum atomic E-state index is 1.22. The third kappa shape index (κ3) is 2.07. The Hall–Kier alpha value is -0.860. The molecule has 0 saturated heterocycles. The van der Waals surface area contributed by atoms with Crippen molar-refractivity contribution >= 4 is 23.5 Å². The van der Waals surface area contributed by atoms with Crippen molar-refractivity contribution < 1.29 is 0 Å². The number of hydrogen-bond donors (Lipinski definition) is 0. The Labute approximate surface area is 141 Å². The lowest BCUT2D eigenvalue weighted by Gasteiger charge is -2.18. The Kier molecular flexibility index (Phi) is 3.30. The summed E-state index contributed by atoms with van der Waals surface area (Å²) in [5, 5.41) is 0. The smallest absolute Gasteiger partial charge is 0.0193 e. The first-order valence-corrected chi connectivity index (χ1v) is 10.6. The predicted molar refractivity (Wildman–Crippen MR) is 97.7 cm³/mol. The summed E-state index contributed by atoms with van der Waals surface area (Å²) in [6.07, 6.45) is 4.89. The first-order chi connectivity index (χ1) is 10.9. The van der Waals surface area contributed by atoms with Crippen LogP contribution < -0.4 is 0 Å². The summed E-state index contributed by atoms with van der Waals surface area (Å²) in [7, 11) is 0. The van der Waals surface area contributed by atoms with Crippen LogP contribution >= 0.6 is 23.5 Å². The molecule has 0 atom stereocenters. The number of benzene rings is 2. The number of fused-ring (bicyclic) bond motifs is 4. The van der Waals surface area contributed by atoms with Gasteiger partial charge in [0.05, 0.1) is 0 Å². The molecule has 4 bridgehead atoms.